The molecule has 6 nitrogen and oxygen atoms in total. The molecule has 4 aromatic carbocycles. The van der Waals surface area contributed by atoms with Crippen molar-refractivity contribution < 1.29 is 29.4 Å². The maximum Gasteiger partial charge on any atom is 0.337 e. The molecule has 0 aliphatic heterocycles. The SMILES string of the molecule is O=C(O)c1cc(-c2cccs2)c2c(C(=O)c3ccccc3)c(C(=O)O)c(C(=O)c3ccccc3)c(-c3cccs3)c2c1. The lowest BCUT2D eigenvalue weighted by Crippen LogP contribution is -2.19. The third-order valence-corrected chi connectivity index (χ3v) is 8.74. The van der Waals surface area contributed by atoms with Crippen molar-refractivity contribution in [3.63, 3.8) is 0 Å². The van der Waals surface area contributed by atoms with Gasteiger partial charge in [-0.05, 0) is 40.4 Å². The maximum atomic E-state index is 14.4. The third-order valence-electron chi connectivity index (χ3n) is 6.95. The monoisotopic (exact) mass is 588 g/mol. The lowest BCUT2D eigenvalue weighted by Gasteiger charge is -2.21. The zero-order valence-corrected chi connectivity index (χ0v) is 23.4. The van der Waals surface area contributed by atoms with Crippen LogP contribution in [0.2, 0.25) is 0 Å². The van der Waals surface area contributed by atoms with Gasteiger partial charge in [0.2, 0.25) is 0 Å². The number of carboxylic acids is 2. The summed E-state index contributed by atoms with van der Waals surface area (Å²) >= 11 is 2.63. The van der Waals surface area contributed by atoms with E-state index in [1.54, 1.807) is 90.3 Å². The summed E-state index contributed by atoms with van der Waals surface area (Å²) in [6, 6.07) is 26.5. The van der Waals surface area contributed by atoms with Crippen molar-refractivity contribution in [3.05, 3.63) is 141 Å². The van der Waals surface area contributed by atoms with Crippen LogP contribution < -0.4 is 0 Å². The first-order valence-electron chi connectivity index (χ1n) is 12.8. The van der Waals surface area contributed by atoms with Gasteiger partial charge in [-0.15, -0.1) is 22.7 Å². The minimum Gasteiger partial charge on any atom is -0.478 e. The van der Waals surface area contributed by atoms with Gasteiger partial charge in [0.1, 0.15) is 0 Å². The van der Waals surface area contributed by atoms with E-state index >= 15 is 0 Å². The van der Waals surface area contributed by atoms with Crippen molar-refractivity contribution in [3.8, 4) is 20.9 Å². The topological polar surface area (TPSA) is 109 Å². The van der Waals surface area contributed by atoms with Crippen LogP contribution in [0.5, 0.6) is 0 Å². The van der Waals surface area contributed by atoms with Crippen molar-refractivity contribution in [2.45, 2.75) is 0 Å². The fourth-order valence-corrected chi connectivity index (χ4v) is 6.72. The van der Waals surface area contributed by atoms with Gasteiger partial charge in [0.05, 0.1) is 11.1 Å². The van der Waals surface area contributed by atoms with Crippen molar-refractivity contribution in [1.82, 2.24) is 0 Å². The summed E-state index contributed by atoms with van der Waals surface area (Å²) in [4.78, 5) is 55.5. The van der Waals surface area contributed by atoms with Crippen LogP contribution in [0.3, 0.4) is 0 Å². The number of fused-ring (bicyclic) bond motifs is 1. The molecule has 8 heteroatoms. The molecule has 6 aromatic rings. The van der Waals surface area contributed by atoms with Crippen LogP contribution in [0.25, 0.3) is 31.7 Å². The molecule has 0 aliphatic carbocycles. The van der Waals surface area contributed by atoms with E-state index in [1.807, 2.05) is 5.38 Å². The van der Waals surface area contributed by atoms with Crippen LogP contribution >= 0.6 is 22.7 Å². The molecule has 0 radical (unpaired) electrons. The number of hydrogen-bond donors (Lipinski definition) is 2. The quantitative estimate of drug-likeness (QED) is 0.174. The first kappa shape index (κ1) is 27.0. The van der Waals surface area contributed by atoms with Gasteiger partial charge in [-0.3, -0.25) is 9.59 Å². The van der Waals surface area contributed by atoms with Crippen LogP contribution in [0, 0.1) is 0 Å². The summed E-state index contributed by atoms with van der Waals surface area (Å²) in [6.45, 7) is 0. The van der Waals surface area contributed by atoms with Crippen LogP contribution in [0.4, 0.5) is 0 Å². The predicted octanol–water partition coefficient (Wildman–Crippen LogP) is 8.16. The molecule has 2 heterocycles. The highest BCUT2D eigenvalue weighted by Crippen LogP contribution is 2.46. The second-order valence-electron chi connectivity index (χ2n) is 9.40. The average molecular weight is 589 g/mol. The van der Waals surface area contributed by atoms with Gasteiger partial charge in [-0.25, -0.2) is 9.59 Å². The lowest BCUT2D eigenvalue weighted by molar-refractivity contribution is 0.0683. The Balaban J connectivity index is 1.91. The fourth-order valence-electron chi connectivity index (χ4n) is 5.18. The number of carbonyl (C=O) groups is 4. The summed E-state index contributed by atoms with van der Waals surface area (Å²) < 4.78 is 0. The molecule has 204 valence electrons. The highest BCUT2D eigenvalue weighted by molar-refractivity contribution is 7.14. The lowest BCUT2D eigenvalue weighted by atomic mass is 9.80. The van der Waals surface area contributed by atoms with E-state index in [0.29, 0.717) is 20.7 Å². The molecule has 2 N–H and O–H groups in total. The first-order chi connectivity index (χ1) is 20.4. The predicted molar refractivity (Wildman–Crippen MR) is 164 cm³/mol. The van der Waals surface area contributed by atoms with Gasteiger partial charge in [0.25, 0.3) is 0 Å². The smallest absolute Gasteiger partial charge is 0.337 e. The van der Waals surface area contributed by atoms with E-state index in [9.17, 15) is 29.4 Å². The van der Waals surface area contributed by atoms with Gasteiger partial charge in [0, 0.05) is 48.5 Å². The van der Waals surface area contributed by atoms with Crippen LogP contribution in [0.15, 0.2) is 108 Å². The number of carboxylic acid groups (broad SMARTS) is 2. The fraction of sp³-hybridized carbons (Fsp3) is 0. The second-order valence-corrected chi connectivity index (χ2v) is 11.3. The Morgan fingerprint density at radius 2 is 1.07 bits per heavy atom. The molecule has 0 aliphatic rings. The van der Waals surface area contributed by atoms with Crippen molar-refractivity contribution >= 4 is 57.0 Å². The largest absolute Gasteiger partial charge is 0.478 e. The van der Waals surface area contributed by atoms with E-state index in [1.165, 1.54) is 34.8 Å². The van der Waals surface area contributed by atoms with E-state index in [2.05, 4.69) is 0 Å². The van der Waals surface area contributed by atoms with Crippen molar-refractivity contribution in [1.29, 1.82) is 0 Å². The Bertz CT molecular complexity index is 1990. The molecule has 0 spiro atoms. The number of thiophene rings is 2. The number of benzene rings is 4. The molecule has 0 unspecified atom stereocenters. The minimum atomic E-state index is -1.44. The number of ketones is 2. The Kier molecular flexibility index (Phi) is 7.08. The molecule has 0 amide bonds. The first-order valence-corrected chi connectivity index (χ1v) is 14.5. The third kappa shape index (κ3) is 4.62. The standard InChI is InChI=1S/C34H20O6S2/c35-31(19-9-3-1-4-10-19)28-26-22(24-13-7-15-41-24)17-21(33(37)38)18-23(26)27(25-14-8-16-42-25)29(30(28)34(39)40)32(36)20-11-5-2-6-12-20/h1-18H,(H,37,38)(H,39,40). The maximum absolute atomic E-state index is 14.4. The number of hydrogen-bond acceptors (Lipinski definition) is 6. The normalized spacial score (nSPS) is 11.0. The zero-order valence-electron chi connectivity index (χ0n) is 21.7. The molecule has 42 heavy (non-hydrogen) atoms. The Hall–Kier alpha value is -5.18. The zero-order chi connectivity index (χ0) is 29.4. The van der Waals surface area contributed by atoms with E-state index in [-0.39, 0.29) is 38.8 Å². The molecule has 0 saturated heterocycles. The Labute approximate surface area is 247 Å². The Morgan fingerprint density at radius 1 is 0.524 bits per heavy atom. The highest BCUT2D eigenvalue weighted by Gasteiger charge is 2.34. The van der Waals surface area contributed by atoms with Gasteiger partial charge in [-0.2, -0.15) is 0 Å². The molecule has 0 atom stereocenters. The molecular formula is C34H20O6S2. The van der Waals surface area contributed by atoms with Gasteiger partial charge in [0.15, 0.2) is 11.6 Å². The number of rotatable bonds is 8. The average Bonchev–Trinajstić information content (AvgIpc) is 3.75. The van der Waals surface area contributed by atoms with Crippen molar-refractivity contribution in [2.24, 2.45) is 0 Å². The van der Waals surface area contributed by atoms with E-state index in [0.717, 1.165) is 0 Å². The van der Waals surface area contributed by atoms with Crippen LogP contribution in [-0.4, -0.2) is 33.7 Å². The van der Waals surface area contributed by atoms with Gasteiger partial charge < -0.3 is 10.2 Å². The molecular weight excluding hydrogens is 569 g/mol. The summed E-state index contributed by atoms with van der Waals surface area (Å²) in [7, 11) is 0. The highest BCUT2D eigenvalue weighted by atomic mass is 32.1. The molecule has 0 bridgehead atoms. The van der Waals surface area contributed by atoms with Crippen LogP contribution in [0.1, 0.15) is 52.6 Å². The van der Waals surface area contributed by atoms with E-state index in [4.69, 9.17) is 0 Å². The summed E-state index contributed by atoms with van der Waals surface area (Å²) in [6.07, 6.45) is 0. The minimum absolute atomic E-state index is 0.0528. The molecule has 2 aromatic heterocycles. The van der Waals surface area contributed by atoms with Crippen molar-refractivity contribution in [2.75, 3.05) is 0 Å². The van der Waals surface area contributed by atoms with Crippen LogP contribution in [-0.2, 0) is 0 Å². The van der Waals surface area contributed by atoms with Gasteiger partial charge in [-0.1, -0.05) is 72.8 Å². The number of aromatic carboxylic acids is 2. The summed E-state index contributed by atoms with van der Waals surface area (Å²) in [5, 5.41) is 25.1. The summed E-state index contributed by atoms with van der Waals surface area (Å²) in [5.74, 6) is -3.80. The molecule has 0 saturated carbocycles. The Morgan fingerprint density at radius 3 is 1.57 bits per heavy atom. The molecule has 0 fully saturated rings. The van der Waals surface area contributed by atoms with Gasteiger partial charge >= 0.3 is 11.9 Å². The number of carbonyl (C=O) groups excluding carboxylic acids is 2. The second kappa shape index (κ2) is 11.0. The van der Waals surface area contributed by atoms with E-state index < -0.39 is 29.1 Å². The summed E-state index contributed by atoms with van der Waals surface area (Å²) in [5.41, 5.74) is 0.351. The molecule has 6 rings (SSSR count).